The Morgan fingerprint density at radius 2 is 2.05 bits per heavy atom. The van der Waals surface area contributed by atoms with E-state index >= 15 is 0 Å². The number of aliphatic hydroxyl groups is 1. The normalized spacial score (nSPS) is 17.8. The molecular formula is C13H21NO4S. The van der Waals surface area contributed by atoms with Gasteiger partial charge in [-0.3, -0.25) is 0 Å². The van der Waals surface area contributed by atoms with Crippen molar-refractivity contribution in [2.24, 2.45) is 5.92 Å². The van der Waals surface area contributed by atoms with Crippen molar-refractivity contribution in [1.29, 1.82) is 0 Å². The second-order valence-corrected chi connectivity index (χ2v) is 6.88. The topological polar surface area (TPSA) is 79.5 Å². The molecule has 0 unspecified atom stereocenters. The quantitative estimate of drug-likeness (QED) is 0.867. The van der Waals surface area contributed by atoms with Crippen molar-refractivity contribution in [1.82, 2.24) is 4.72 Å². The molecule has 1 heterocycles. The van der Waals surface area contributed by atoms with E-state index in [4.69, 9.17) is 9.52 Å². The first-order chi connectivity index (χ1) is 9.03. The molecule has 19 heavy (non-hydrogen) atoms. The Labute approximate surface area is 114 Å². The van der Waals surface area contributed by atoms with Crippen molar-refractivity contribution in [3.8, 4) is 0 Å². The SMILES string of the molecule is Cc1oc(CO)cc1S(=O)(=O)NCC1CCCCC1. The fourth-order valence-corrected chi connectivity index (χ4v) is 3.88. The Kier molecular flexibility index (Phi) is 4.65. The number of aliphatic hydroxyl groups excluding tert-OH is 1. The lowest BCUT2D eigenvalue weighted by Gasteiger charge is -2.21. The second-order valence-electron chi connectivity index (χ2n) is 5.15. The third-order valence-electron chi connectivity index (χ3n) is 3.66. The standard InChI is InChI=1S/C13H21NO4S/c1-10-13(7-12(9-15)18-10)19(16,17)14-8-11-5-3-2-4-6-11/h7,11,14-15H,2-6,8-9H2,1H3. The lowest BCUT2D eigenvalue weighted by molar-refractivity contribution is 0.244. The number of nitrogens with one attached hydrogen (secondary N) is 1. The van der Waals surface area contributed by atoms with Gasteiger partial charge in [0.25, 0.3) is 0 Å². The van der Waals surface area contributed by atoms with Crippen LogP contribution in [0.1, 0.15) is 43.6 Å². The van der Waals surface area contributed by atoms with Gasteiger partial charge in [0.05, 0.1) is 0 Å². The van der Waals surface area contributed by atoms with E-state index in [2.05, 4.69) is 4.72 Å². The Morgan fingerprint density at radius 1 is 1.37 bits per heavy atom. The summed E-state index contributed by atoms with van der Waals surface area (Å²) in [6.07, 6.45) is 5.81. The number of aryl methyl sites for hydroxylation is 1. The molecule has 0 radical (unpaired) electrons. The minimum Gasteiger partial charge on any atom is -0.462 e. The monoisotopic (exact) mass is 287 g/mol. The van der Waals surface area contributed by atoms with Crippen molar-refractivity contribution in [2.45, 2.75) is 50.5 Å². The Morgan fingerprint density at radius 3 is 2.63 bits per heavy atom. The summed E-state index contributed by atoms with van der Waals surface area (Å²) in [5.74, 6) is 1.03. The van der Waals surface area contributed by atoms with Crippen LogP contribution >= 0.6 is 0 Å². The fraction of sp³-hybridized carbons (Fsp3) is 0.692. The summed E-state index contributed by atoms with van der Waals surface area (Å²) in [7, 11) is -3.53. The fourth-order valence-electron chi connectivity index (χ4n) is 2.57. The molecule has 5 nitrogen and oxygen atoms in total. The van der Waals surface area contributed by atoms with Crippen LogP contribution in [-0.4, -0.2) is 20.1 Å². The van der Waals surface area contributed by atoms with Gasteiger partial charge in [0, 0.05) is 12.6 Å². The highest BCUT2D eigenvalue weighted by Crippen LogP contribution is 2.24. The zero-order valence-electron chi connectivity index (χ0n) is 11.2. The number of hydrogen-bond acceptors (Lipinski definition) is 4. The van der Waals surface area contributed by atoms with Crippen molar-refractivity contribution in [3.05, 3.63) is 17.6 Å². The van der Waals surface area contributed by atoms with E-state index in [0.29, 0.717) is 18.2 Å². The van der Waals surface area contributed by atoms with Gasteiger partial charge in [-0.1, -0.05) is 19.3 Å². The van der Waals surface area contributed by atoms with E-state index in [1.54, 1.807) is 6.92 Å². The first-order valence-corrected chi connectivity index (χ1v) is 8.21. The molecule has 1 saturated carbocycles. The highest BCUT2D eigenvalue weighted by molar-refractivity contribution is 7.89. The van der Waals surface area contributed by atoms with Gasteiger partial charge in [-0.05, 0) is 25.7 Å². The minimum absolute atomic E-state index is 0.132. The lowest BCUT2D eigenvalue weighted by atomic mass is 9.90. The van der Waals surface area contributed by atoms with Crippen LogP contribution in [0, 0.1) is 12.8 Å². The molecule has 0 spiro atoms. The summed E-state index contributed by atoms with van der Waals surface area (Å²) < 4.78 is 32.2. The van der Waals surface area contributed by atoms with E-state index < -0.39 is 10.0 Å². The molecule has 0 bridgehead atoms. The summed E-state index contributed by atoms with van der Waals surface area (Å²) in [5, 5.41) is 8.97. The molecule has 1 aromatic heterocycles. The Balaban J connectivity index is 2.02. The predicted molar refractivity (Wildman–Crippen MR) is 71.1 cm³/mol. The van der Waals surface area contributed by atoms with Crippen molar-refractivity contribution < 1.29 is 17.9 Å². The zero-order chi connectivity index (χ0) is 13.9. The molecule has 1 fully saturated rings. The molecule has 1 aromatic rings. The van der Waals surface area contributed by atoms with Crippen LogP contribution in [0.2, 0.25) is 0 Å². The highest BCUT2D eigenvalue weighted by Gasteiger charge is 2.23. The van der Waals surface area contributed by atoms with Crippen molar-refractivity contribution in [3.63, 3.8) is 0 Å². The van der Waals surface area contributed by atoms with E-state index in [0.717, 1.165) is 12.8 Å². The largest absolute Gasteiger partial charge is 0.462 e. The van der Waals surface area contributed by atoms with Crippen molar-refractivity contribution >= 4 is 10.0 Å². The van der Waals surface area contributed by atoms with E-state index in [1.807, 2.05) is 0 Å². The minimum atomic E-state index is -3.53. The number of hydrogen-bond donors (Lipinski definition) is 2. The molecule has 0 aromatic carbocycles. The molecular weight excluding hydrogens is 266 g/mol. The van der Waals surface area contributed by atoms with E-state index in [1.165, 1.54) is 25.3 Å². The maximum absolute atomic E-state index is 12.2. The maximum atomic E-state index is 12.2. The number of rotatable bonds is 5. The lowest BCUT2D eigenvalue weighted by Crippen LogP contribution is -2.30. The zero-order valence-corrected chi connectivity index (χ0v) is 12.0. The van der Waals surface area contributed by atoms with Crippen LogP contribution in [0.3, 0.4) is 0 Å². The van der Waals surface area contributed by atoms with Gasteiger partial charge < -0.3 is 9.52 Å². The summed E-state index contributed by atoms with van der Waals surface area (Å²) in [5.41, 5.74) is 0. The third kappa shape index (κ3) is 3.58. The predicted octanol–water partition coefficient (Wildman–Crippen LogP) is 1.94. The molecule has 1 aliphatic rings. The molecule has 0 atom stereocenters. The second kappa shape index (κ2) is 6.07. The van der Waals surface area contributed by atoms with Gasteiger partial charge in [-0.2, -0.15) is 0 Å². The summed E-state index contributed by atoms with van der Waals surface area (Å²) in [6, 6.07) is 1.39. The number of sulfonamides is 1. The van der Waals surface area contributed by atoms with Gasteiger partial charge in [0.2, 0.25) is 10.0 Å². The summed E-state index contributed by atoms with van der Waals surface area (Å²) in [6.45, 7) is 1.79. The van der Waals surface area contributed by atoms with Gasteiger partial charge in [-0.25, -0.2) is 13.1 Å². The summed E-state index contributed by atoms with van der Waals surface area (Å²) >= 11 is 0. The first-order valence-electron chi connectivity index (χ1n) is 6.73. The van der Waals surface area contributed by atoms with E-state index in [-0.39, 0.29) is 17.3 Å². The Hall–Kier alpha value is -0.850. The number of furan rings is 1. The van der Waals surface area contributed by atoms with Crippen LogP contribution in [-0.2, 0) is 16.6 Å². The molecule has 1 aliphatic carbocycles. The molecule has 6 heteroatoms. The molecule has 0 amide bonds. The molecule has 0 aliphatic heterocycles. The first kappa shape index (κ1) is 14.6. The van der Waals surface area contributed by atoms with E-state index in [9.17, 15) is 8.42 Å². The molecule has 2 N–H and O–H groups in total. The van der Waals surface area contributed by atoms with Crippen LogP contribution < -0.4 is 4.72 Å². The highest BCUT2D eigenvalue weighted by atomic mass is 32.2. The summed E-state index contributed by atoms with van der Waals surface area (Å²) in [4.78, 5) is 0.132. The van der Waals surface area contributed by atoms with Crippen LogP contribution in [0.15, 0.2) is 15.4 Å². The van der Waals surface area contributed by atoms with Gasteiger partial charge in [0.15, 0.2) is 0 Å². The van der Waals surface area contributed by atoms with Gasteiger partial charge >= 0.3 is 0 Å². The third-order valence-corrected chi connectivity index (χ3v) is 5.19. The molecule has 108 valence electrons. The van der Waals surface area contributed by atoms with Gasteiger partial charge in [0.1, 0.15) is 23.0 Å². The smallest absolute Gasteiger partial charge is 0.244 e. The van der Waals surface area contributed by atoms with Crippen LogP contribution in [0.25, 0.3) is 0 Å². The van der Waals surface area contributed by atoms with Gasteiger partial charge in [-0.15, -0.1) is 0 Å². The van der Waals surface area contributed by atoms with Crippen LogP contribution in [0.4, 0.5) is 0 Å². The average molecular weight is 287 g/mol. The molecule has 0 saturated heterocycles. The average Bonchev–Trinajstić information content (AvgIpc) is 2.80. The molecule has 2 rings (SSSR count). The van der Waals surface area contributed by atoms with Crippen molar-refractivity contribution in [2.75, 3.05) is 6.54 Å². The maximum Gasteiger partial charge on any atom is 0.244 e. The van der Waals surface area contributed by atoms with Crippen LogP contribution in [0.5, 0.6) is 0 Å². The Bertz CT molecular complexity index is 515.